The molecule has 0 saturated carbocycles. The third kappa shape index (κ3) is 2.72. The van der Waals surface area contributed by atoms with E-state index in [9.17, 15) is 10.1 Å². The van der Waals surface area contributed by atoms with Crippen LogP contribution in [0.25, 0.3) is 0 Å². The summed E-state index contributed by atoms with van der Waals surface area (Å²) < 4.78 is 0. The van der Waals surface area contributed by atoms with Crippen LogP contribution in [-0.4, -0.2) is 36.1 Å². The van der Waals surface area contributed by atoms with E-state index >= 15 is 0 Å². The molecule has 1 fully saturated rings. The van der Waals surface area contributed by atoms with Gasteiger partial charge in [0.1, 0.15) is 0 Å². The van der Waals surface area contributed by atoms with Gasteiger partial charge in [0.2, 0.25) is 5.82 Å². The maximum absolute atomic E-state index is 11.1. The highest BCUT2D eigenvalue weighted by molar-refractivity contribution is 5.59. The number of rotatable bonds is 3. The molecule has 6 heteroatoms. The Labute approximate surface area is 129 Å². The smallest absolute Gasteiger partial charge is 0.311 e. The summed E-state index contributed by atoms with van der Waals surface area (Å²) >= 11 is 0. The van der Waals surface area contributed by atoms with Crippen molar-refractivity contribution in [2.45, 2.75) is 6.92 Å². The van der Waals surface area contributed by atoms with Gasteiger partial charge in [-0.05, 0) is 24.6 Å². The molecule has 0 bridgehead atoms. The number of nitrogens with zero attached hydrogens (tertiary/aromatic N) is 4. The quantitative estimate of drug-likeness (QED) is 0.644. The summed E-state index contributed by atoms with van der Waals surface area (Å²) in [4.78, 5) is 19.3. The van der Waals surface area contributed by atoms with E-state index in [-0.39, 0.29) is 10.6 Å². The average molecular weight is 298 g/mol. The fourth-order valence-corrected chi connectivity index (χ4v) is 2.85. The molecule has 0 spiro atoms. The minimum atomic E-state index is -0.365. The van der Waals surface area contributed by atoms with E-state index in [0.717, 1.165) is 26.2 Å². The molecular weight excluding hydrogens is 280 g/mol. The minimum Gasteiger partial charge on any atom is -0.368 e. The highest BCUT2D eigenvalue weighted by Gasteiger charge is 2.25. The molecule has 0 aliphatic carbocycles. The van der Waals surface area contributed by atoms with Crippen LogP contribution < -0.4 is 9.80 Å². The lowest BCUT2D eigenvalue weighted by Gasteiger charge is -2.37. The molecule has 1 aromatic carbocycles. The van der Waals surface area contributed by atoms with Gasteiger partial charge in [-0.3, -0.25) is 10.1 Å². The van der Waals surface area contributed by atoms with E-state index in [1.807, 2.05) is 17.0 Å². The number of hydrogen-bond donors (Lipinski definition) is 0. The van der Waals surface area contributed by atoms with Crippen LogP contribution in [0, 0.1) is 17.0 Å². The van der Waals surface area contributed by atoms with Crippen LogP contribution in [0.5, 0.6) is 0 Å². The van der Waals surface area contributed by atoms with Crippen LogP contribution in [0.1, 0.15) is 5.56 Å². The van der Waals surface area contributed by atoms with Crippen LogP contribution in [0.2, 0.25) is 0 Å². The van der Waals surface area contributed by atoms with E-state index < -0.39 is 0 Å². The van der Waals surface area contributed by atoms with E-state index in [1.165, 1.54) is 17.3 Å². The molecule has 2 aromatic rings. The van der Waals surface area contributed by atoms with Gasteiger partial charge in [0.25, 0.3) is 0 Å². The van der Waals surface area contributed by atoms with Gasteiger partial charge in [0.05, 0.1) is 4.92 Å². The molecule has 0 N–H and O–H groups in total. The second-order valence-electron chi connectivity index (χ2n) is 5.36. The fraction of sp³-hybridized carbons (Fsp3) is 0.312. The molecule has 3 rings (SSSR count). The molecule has 0 radical (unpaired) electrons. The molecule has 0 amide bonds. The van der Waals surface area contributed by atoms with Crippen molar-refractivity contribution >= 4 is 17.2 Å². The maximum Gasteiger partial charge on any atom is 0.311 e. The summed E-state index contributed by atoms with van der Waals surface area (Å²) in [5.74, 6) is 0.469. The Hall–Kier alpha value is -2.63. The normalized spacial score (nSPS) is 15.0. The van der Waals surface area contributed by atoms with E-state index in [0.29, 0.717) is 5.82 Å². The second kappa shape index (κ2) is 6.01. The molecule has 22 heavy (non-hydrogen) atoms. The van der Waals surface area contributed by atoms with Gasteiger partial charge in [-0.1, -0.05) is 18.2 Å². The summed E-state index contributed by atoms with van der Waals surface area (Å²) in [6.45, 7) is 5.22. The summed E-state index contributed by atoms with van der Waals surface area (Å²) in [6, 6.07) is 11.4. The Morgan fingerprint density at radius 2 is 1.73 bits per heavy atom. The summed E-state index contributed by atoms with van der Waals surface area (Å²) in [5, 5.41) is 11.1. The third-order valence-corrected chi connectivity index (χ3v) is 4.00. The van der Waals surface area contributed by atoms with Gasteiger partial charge in [0, 0.05) is 44.1 Å². The van der Waals surface area contributed by atoms with Gasteiger partial charge >= 0.3 is 5.69 Å². The van der Waals surface area contributed by atoms with Gasteiger partial charge in [-0.25, -0.2) is 4.98 Å². The molecular formula is C16H18N4O2. The number of hydrogen-bond acceptors (Lipinski definition) is 5. The van der Waals surface area contributed by atoms with Crippen LogP contribution in [0.15, 0.2) is 42.6 Å². The zero-order valence-electron chi connectivity index (χ0n) is 12.5. The lowest BCUT2D eigenvalue weighted by Crippen LogP contribution is -2.47. The number of aryl methyl sites for hydroxylation is 1. The molecule has 1 aromatic heterocycles. The molecule has 114 valence electrons. The van der Waals surface area contributed by atoms with E-state index in [1.54, 1.807) is 12.3 Å². The van der Waals surface area contributed by atoms with Crippen molar-refractivity contribution in [3.05, 3.63) is 58.3 Å². The van der Waals surface area contributed by atoms with Crippen molar-refractivity contribution in [1.82, 2.24) is 4.98 Å². The first-order valence-electron chi connectivity index (χ1n) is 7.32. The van der Waals surface area contributed by atoms with Crippen LogP contribution in [-0.2, 0) is 0 Å². The Morgan fingerprint density at radius 1 is 1.05 bits per heavy atom. The third-order valence-electron chi connectivity index (χ3n) is 4.00. The molecule has 0 atom stereocenters. The fourth-order valence-electron chi connectivity index (χ4n) is 2.85. The van der Waals surface area contributed by atoms with Gasteiger partial charge in [-0.2, -0.15) is 0 Å². The molecule has 0 unspecified atom stereocenters. The summed E-state index contributed by atoms with van der Waals surface area (Å²) in [6.07, 6.45) is 1.61. The topological polar surface area (TPSA) is 62.5 Å². The molecule has 1 aliphatic heterocycles. The molecule has 1 saturated heterocycles. The van der Waals surface area contributed by atoms with Crippen molar-refractivity contribution in [2.24, 2.45) is 0 Å². The van der Waals surface area contributed by atoms with Crippen molar-refractivity contribution in [3.8, 4) is 0 Å². The Morgan fingerprint density at radius 3 is 2.41 bits per heavy atom. The summed E-state index contributed by atoms with van der Waals surface area (Å²) in [5.41, 5.74) is 2.56. The second-order valence-corrected chi connectivity index (χ2v) is 5.36. The van der Waals surface area contributed by atoms with E-state index in [4.69, 9.17) is 0 Å². The van der Waals surface area contributed by atoms with Gasteiger partial charge < -0.3 is 9.80 Å². The predicted molar refractivity (Wildman–Crippen MR) is 86.5 cm³/mol. The van der Waals surface area contributed by atoms with Gasteiger partial charge in [-0.15, -0.1) is 0 Å². The number of aromatic nitrogens is 1. The number of pyridine rings is 1. The number of piperazine rings is 1. The Kier molecular flexibility index (Phi) is 3.91. The lowest BCUT2D eigenvalue weighted by atomic mass is 10.1. The number of para-hydroxylation sites is 1. The maximum atomic E-state index is 11.1. The number of benzene rings is 1. The van der Waals surface area contributed by atoms with Crippen LogP contribution in [0.3, 0.4) is 0 Å². The van der Waals surface area contributed by atoms with Crippen molar-refractivity contribution in [2.75, 3.05) is 36.0 Å². The monoisotopic (exact) mass is 298 g/mol. The molecule has 6 nitrogen and oxygen atoms in total. The van der Waals surface area contributed by atoms with Crippen LogP contribution >= 0.6 is 0 Å². The number of nitro groups is 1. The first kappa shape index (κ1) is 14.3. The highest BCUT2D eigenvalue weighted by atomic mass is 16.6. The van der Waals surface area contributed by atoms with Crippen molar-refractivity contribution in [1.29, 1.82) is 0 Å². The largest absolute Gasteiger partial charge is 0.368 e. The average Bonchev–Trinajstić information content (AvgIpc) is 2.55. The number of anilines is 2. The highest BCUT2D eigenvalue weighted by Crippen LogP contribution is 2.27. The zero-order chi connectivity index (χ0) is 15.5. The molecule has 2 heterocycles. The Bertz CT molecular complexity index is 681. The van der Waals surface area contributed by atoms with Crippen molar-refractivity contribution in [3.63, 3.8) is 0 Å². The SMILES string of the molecule is Cc1ccccc1N1CCN(c2ncccc2[N+](=O)[O-])CC1. The summed E-state index contributed by atoms with van der Waals surface area (Å²) in [7, 11) is 0. The zero-order valence-corrected chi connectivity index (χ0v) is 12.5. The first-order chi connectivity index (χ1) is 10.7. The standard InChI is InChI=1S/C16H18N4O2/c1-13-5-2-3-6-14(13)18-9-11-19(12-10-18)16-15(20(21)22)7-4-8-17-16/h2-8H,9-12H2,1H3. The van der Waals surface area contributed by atoms with E-state index in [2.05, 4.69) is 28.9 Å². The van der Waals surface area contributed by atoms with Gasteiger partial charge in [0.15, 0.2) is 0 Å². The molecule has 1 aliphatic rings. The predicted octanol–water partition coefficient (Wildman–Crippen LogP) is 2.62. The first-order valence-corrected chi connectivity index (χ1v) is 7.32. The lowest BCUT2D eigenvalue weighted by molar-refractivity contribution is -0.384. The Balaban J connectivity index is 1.75. The van der Waals surface area contributed by atoms with Crippen LogP contribution in [0.4, 0.5) is 17.2 Å². The van der Waals surface area contributed by atoms with Crippen molar-refractivity contribution < 1.29 is 4.92 Å². The minimum absolute atomic E-state index is 0.0758.